The number of hydrogen-bond donors (Lipinski definition) is 4. The second-order valence-corrected chi connectivity index (χ2v) is 7.07. The lowest BCUT2D eigenvalue weighted by Gasteiger charge is -2.29. The Morgan fingerprint density at radius 3 is 2.62 bits per heavy atom. The molecular formula is C13H17ClN4O5S. The Hall–Kier alpha value is -1.65. The Bertz CT molecular complexity index is 642. The first-order valence-electron chi connectivity index (χ1n) is 7.09. The van der Waals surface area contributed by atoms with Gasteiger partial charge in [0, 0.05) is 11.2 Å². The number of carboxylic acid groups (broad SMARTS) is 2. The zero-order valence-electron chi connectivity index (χ0n) is 12.4. The highest BCUT2D eigenvalue weighted by atomic mass is 35.5. The van der Waals surface area contributed by atoms with Crippen molar-refractivity contribution in [3.8, 4) is 0 Å². The Labute approximate surface area is 147 Å². The Kier molecular flexibility index (Phi) is 5.21. The molecule has 0 aromatic carbocycles. The number of halogens is 1. The van der Waals surface area contributed by atoms with E-state index in [2.05, 4.69) is 15.3 Å². The van der Waals surface area contributed by atoms with Crippen LogP contribution in [0.3, 0.4) is 0 Å². The molecule has 0 unspecified atom stereocenters. The van der Waals surface area contributed by atoms with Crippen LogP contribution in [-0.2, 0) is 14.4 Å². The molecule has 24 heavy (non-hydrogen) atoms. The van der Waals surface area contributed by atoms with Crippen LogP contribution in [0.4, 0.5) is 0 Å². The highest BCUT2D eigenvalue weighted by molar-refractivity contribution is 8.16. The molecule has 1 aliphatic heterocycles. The van der Waals surface area contributed by atoms with Gasteiger partial charge in [0.2, 0.25) is 5.91 Å². The molecule has 1 heterocycles. The smallest absolute Gasteiger partial charge is 0.329 e. The standard InChI is InChI=1S/C13H16N4O5S.ClH/c14-2-6(18)17-13(12(21)22)1-5(23-7-3-15-4-16-7)8-9(10(8)13)11(19)20;/h3,5,8-10H,1-2,4,14H2,(H,17,18)(H,19,20)(H,21,22);1H/t5-,8+,9+,10+,13+;/m1./s1. The maximum absolute atomic E-state index is 11.8. The maximum Gasteiger partial charge on any atom is 0.329 e. The number of hydrogen-bond acceptors (Lipinski definition) is 7. The van der Waals surface area contributed by atoms with Crippen LogP contribution in [0, 0.1) is 17.8 Å². The molecule has 0 aromatic rings. The van der Waals surface area contributed by atoms with E-state index in [0.29, 0.717) is 11.7 Å². The van der Waals surface area contributed by atoms with Crippen molar-refractivity contribution in [2.45, 2.75) is 17.2 Å². The zero-order chi connectivity index (χ0) is 16.8. The first kappa shape index (κ1) is 18.7. The molecule has 132 valence electrons. The Morgan fingerprint density at radius 2 is 2.12 bits per heavy atom. The van der Waals surface area contributed by atoms with Crippen molar-refractivity contribution in [2.75, 3.05) is 13.2 Å². The van der Waals surface area contributed by atoms with Gasteiger partial charge in [-0.3, -0.25) is 19.6 Å². The highest BCUT2D eigenvalue weighted by Gasteiger charge is 2.75. The van der Waals surface area contributed by atoms with Crippen molar-refractivity contribution < 1.29 is 24.6 Å². The second-order valence-electron chi connectivity index (χ2n) is 5.81. The number of carbonyl (C=O) groups excluding carboxylic acids is 1. The van der Waals surface area contributed by atoms with E-state index in [1.165, 1.54) is 11.8 Å². The van der Waals surface area contributed by atoms with Gasteiger partial charge < -0.3 is 21.3 Å². The maximum atomic E-state index is 11.8. The van der Waals surface area contributed by atoms with Crippen LogP contribution in [0.1, 0.15) is 6.42 Å². The highest BCUT2D eigenvalue weighted by Crippen LogP contribution is 2.65. The molecular weight excluding hydrogens is 360 g/mol. The van der Waals surface area contributed by atoms with Crippen LogP contribution in [0.25, 0.3) is 0 Å². The first-order valence-corrected chi connectivity index (χ1v) is 7.97. The number of nitrogens with two attached hydrogens (primary N) is 1. The fourth-order valence-corrected chi connectivity index (χ4v) is 5.09. The van der Waals surface area contributed by atoms with E-state index in [-0.39, 0.29) is 36.5 Å². The fraction of sp³-hybridized carbons (Fsp3) is 0.615. The van der Waals surface area contributed by atoms with Crippen LogP contribution >= 0.6 is 24.2 Å². The number of rotatable bonds is 5. The number of amides is 1. The van der Waals surface area contributed by atoms with Gasteiger partial charge in [0.25, 0.3) is 0 Å². The lowest BCUT2D eigenvalue weighted by Crippen LogP contribution is -2.57. The van der Waals surface area contributed by atoms with Gasteiger partial charge in [-0.15, -0.1) is 24.2 Å². The molecule has 2 saturated carbocycles. The van der Waals surface area contributed by atoms with Crippen molar-refractivity contribution in [1.29, 1.82) is 0 Å². The van der Waals surface area contributed by atoms with Gasteiger partial charge in [-0.25, -0.2) is 4.79 Å². The van der Waals surface area contributed by atoms with E-state index < -0.39 is 35.2 Å². The molecule has 11 heteroatoms. The second kappa shape index (κ2) is 6.69. The van der Waals surface area contributed by atoms with Gasteiger partial charge in [0.15, 0.2) is 0 Å². The lowest BCUT2D eigenvalue weighted by atomic mass is 9.90. The molecule has 3 aliphatic rings. The minimum absolute atomic E-state index is 0. The fourth-order valence-electron chi connectivity index (χ4n) is 3.67. The van der Waals surface area contributed by atoms with Gasteiger partial charge in [-0.1, -0.05) is 0 Å². The average molecular weight is 377 g/mol. The van der Waals surface area contributed by atoms with Crippen LogP contribution in [0.5, 0.6) is 0 Å². The summed E-state index contributed by atoms with van der Waals surface area (Å²) in [7, 11) is 0. The average Bonchev–Trinajstić information content (AvgIpc) is 2.91. The minimum Gasteiger partial charge on any atom is -0.481 e. The molecule has 0 radical (unpaired) electrons. The van der Waals surface area contributed by atoms with Crippen LogP contribution in [0.15, 0.2) is 9.98 Å². The van der Waals surface area contributed by atoms with Crippen LogP contribution < -0.4 is 11.1 Å². The topological polar surface area (TPSA) is 154 Å². The molecule has 2 aliphatic carbocycles. The summed E-state index contributed by atoms with van der Waals surface area (Å²) in [5, 5.41) is 21.9. The summed E-state index contributed by atoms with van der Waals surface area (Å²) in [5.74, 6) is -4.60. The van der Waals surface area contributed by atoms with Crippen molar-refractivity contribution in [3.63, 3.8) is 0 Å². The molecule has 5 N–H and O–H groups in total. The number of thioether (sulfide) groups is 1. The number of aliphatic imine (C=N–C) groups is 2. The molecule has 0 spiro atoms. The summed E-state index contributed by atoms with van der Waals surface area (Å²) in [4.78, 5) is 43.1. The van der Waals surface area contributed by atoms with E-state index in [9.17, 15) is 24.6 Å². The first-order chi connectivity index (χ1) is 10.9. The van der Waals surface area contributed by atoms with Gasteiger partial charge in [-0.05, 0) is 12.3 Å². The summed E-state index contributed by atoms with van der Waals surface area (Å²) < 4.78 is 0. The number of nitrogens with zero attached hydrogens (tertiary/aromatic N) is 2. The number of aliphatic carboxylic acids is 2. The van der Waals surface area contributed by atoms with Gasteiger partial charge >= 0.3 is 11.9 Å². The summed E-state index contributed by atoms with van der Waals surface area (Å²) in [5.41, 5.74) is 3.68. The summed E-state index contributed by atoms with van der Waals surface area (Å²) in [6.07, 6.45) is 1.74. The normalized spacial score (nSPS) is 35.6. The van der Waals surface area contributed by atoms with Crippen molar-refractivity contribution >= 4 is 53.3 Å². The van der Waals surface area contributed by atoms with Crippen LogP contribution in [-0.4, -0.2) is 63.3 Å². The molecule has 2 fully saturated rings. The third-order valence-corrected chi connectivity index (χ3v) is 5.85. The number of carboxylic acids is 2. The summed E-state index contributed by atoms with van der Waals surface area (Å²) in [6, 6.07) is 0. The SMILES string of the molecule is Cl.NCC(=O)N[C@@]1(C(=O)O)C[C@@H](SC2=NCN=C2)[C@H]2[C@H](C(=O)O)[C@H]21. The molecule has 0 aromatic heterocycles. The third-order valence-electron chi connectivity index (χ3n) is 4.59. The monoisotopic (exact) mass is 376 g/mol. The molecule has 0 bridgehead atoms. The quantitative estimate of drug-likeness (QED) is 0.489. The molecule has 3 rings (SSSR count). The number of carbonyl (C=O) groups is 3. The summed E-state index contributed by atoms with van der Waals surface area (Å²) in [6.45, 7) is -0.0131. The minimum atomic E-state index is -1.59. The predicted octanol–water partition coefficient (Wildman–Crippen LogP) is -0.801. The van der Waals surface area contributed by atoms with E-state index >= 15 is 0 Å². The van der Waals surface area contributed by atoms with Gasteiger partial charge in [0.1, 0.15) is 17.3 Å². The number of fused-ring (bicyclic) bond motifs is 1. The predicted molar refractivity (Wildman–Crippen MR) is 89.7 cm³/mol. The van der Waals surface area contributed by atoms with Gasteiger partial charge in [0.05, 0.1) is 18.7 Å². The molecule has 1 amide bonds. The largest absolute Gasteiger partial charge is 0.481 e. The molecule has 5 atom stereocenters. The third kappa shape index (κ3) is 2.89. The lowest BCUT2D eigenvalue weighted by molar-refractivity contribution is -0.149. The summed E-state index contributed by atoms with van der Waals surface area (Å²) >= 11 is 1.33. The number of nitrogens with one attached hydrogen (secondary N) is 1. The molecule has 9 nitrogen and oxygen atoms in total. The van der Waals surface area contributed by atoms with Gasteiger partial charge in [-0.2, -0.15) is 0 Å². The van der Waals surface area contributed by atoms with E-state index in [4.69, 9.17) is 5.73 Å². The van der Waals surface area contributed by atoms with E-state index in [1.807, 2.05) is 0 Å². The van der Waals surface area contributed by atoms with Crippen molar-refractivity contribution in [1.82, 2.24) is 5.32 Å². The zero-order valence-corrected chi connectivity index (χ0v) is 14.0. The molecule has 0 saturated heterocycles. The van der Waals surface area contributed by atoms with Crippen molar-refractivity contribution in [2.24, 2.45) is 33.5 Å². The van der Waals surface area contributed by atoms with Crippen LogP contribution in [0.2, 0.25) is 0 Å². The van der Waals surface area contributed by atoms with E-state index in [1.54, 1.807) is 6.21 Å². The Morgan fingerprint density at radius 1 is 1.42 bits per heavy atom. The van der Waals surface area contributed by atoms with E-state index in [0.717, 1.165) is 0 Å². The Balaban J connectivity index is 0.00000208. The van der Waals surface area contributed by atoms with Crippen molar-refractivity contribution in [3.05, 3.63) is 0 Å².